The highest BCUT2D eigenvalue weighted by atomic mass is 16.2. The summed E-state index contributed by atoms with van der Waals surface area (Å²) in [5.41, 5.74) is 5.93. The van der Waals surface area contributed by atoms with Crippen LogP contribution in [0, 0.1) is 0 Å². The van der Waals surface area contributed by atoms with Gasteiger partial charge in [-0.3, -0.25) is 19.7 Å². The summed E-state index contributed by atoms with van der Waals surface area (Å²) in [7, 11) is 0. The molecular formula is C33H41N5O. The van der Waals surface area contributed by atoms with E-state index >= 15 is 0 Å². The number of pyridine rings is 2. The SMILES string of the molecule is CCCCCN(Cc1nccc2c3ccccc3n(CC(=O)N3CCCCC3)c12)[C@H]1CCCc2cccnc21. The van der Waals surface area contributed by atoms with Gasteiger partial charge in [0.2, 0.25) is 5.91 Å². The van der Waals surface area contributed by atoms with Gasteiger partial charge in [0, 0.05) is 48.3 Å². The van der Waals surface area contributed by atoms with Crippen molar-refractivity contribution < 1.29 is 4.79 Å². The molecule has 4 aromatic rings. The average Bonchev–Trinajstić information content (AvgIpc) is 3.31. The van der Waals surface area contributed by atoms with Crippen LogP contribution in [0.3, 0.4) is 0 Å². The maximum atomic E-state index is 13.5. The zero-order chi connectivity index (χ0) is 26.6. The van der Waals surface area contributed by atoms with Crippen molar-refractivity contribution in [2.24, 2.45) is 0 Å². The fourth-order valence-electron chi connectivity index (χ4n) is 6.77. The largest absolute Gasteiger partial charge is 0.341 e. The van der Waals surface area contributed by atoms with Gasteiger partial charge in [-0.05, 0) is 75.3 Å². The maximum absolute atomic E-state index is 13.5. The normalized spacial score (nSPS) is 17.7. The van der Waals surface area contributed by atoms with E-state index in [9.17, 15) is 4.79 Å². The van der Waals surface area contributed by atoms with Crippen molar-refractivity contribution in [1.29, 1.82) is 0 Å². The summed E-state index contributed by atoms with van der Waals surface area (Å²) < 4.78 is 2.25. The number of likely N-dealkylation sites (tertiary alicyclic amines) is 1. The first-order valence-corrected chi connectivity index (χ1v) is 15.0. The lowest BCUT2D eigenvalue weighted by Gasteiger charge is -2.35. The molecule has 204 valence electrons. The molecule has 0 radical (unpaired) electrons. The second-order valence-electron chi connectivity index (χ2n) is 11.3. The lowest BCUT2D eigenvalue weighted by atomic mass is 9.90. The van der Waals surface area contributed by atoms with Gasteiger partial charge in [-0.15, -0.1) is 0 Å². The highest BCUT2D eigenvalue weighted by molar-refractivity contribution is 6.09. The van der Waals surface area contributed by atoms with Crippen molar-refractivity contribution in [3.8, 4) is 0 Å². The molecule has 0 bridgehead atoms. The van der Waals surface area contributed by atoms with Crippen LogP contribution >= 0.6 is 0 Å². The second-order valence-corrected chi connectivity index (χ2v) is 11.3. The molecule has 1 aromatic carbocycles. The van der Waals surface area contributed by atoms with Crippen molar-refractivity contribution in [2.75, 3.05) is 19.6 Å². The number of hydrogen-bond acceptors (Lipinski definition) is 4. The second kappa shape index (κ2) is 11.9. The molecule has 4 heterocycles. The number of fused-ring (bicyclic) bond motifs is 4. The minimum Gasteiger partial charge on any atom is -0.341 e. The van der Waals surface area contributed by atoms with E-state index in [-0.39, 0.29) is 5.91 Å². The number of amides is 1. The highest BCUT2D eigenvalue weighted by Gasteiger charge is 2.29. The first kappa shape index (κ1) is 26.0. The van der Waals surface area contributed by atoms with Crippen LogP contribution in [0.5, 0.6) is 0 Å². The third-order valence-electron chi connectivity index (χ3n) is 8.77. The molecule has 3 aromatic heterocycles. The number of para-hydroxylation sites is 1. The molecule has 1 atom stereocenters. The van der Waals surface area contributed by atoms with E-state index in [1.165, 1.54) is 54.1 Å². The molecule has 0 saturated carbocycles. The van der Waals surface area contributed by atoms with Crippen molar-refractivity contribution in [3.05, 3.63) is 71.8 Å². The molecule has 6 heteroatoms. The first-order valence-electron chi connectivity index (χ1n) is 15.0. The Morgan fingerprint density at radius 3 is 2.69 bits per heavy atom. The van der Waals surface area contributed by atoms with Crippen LogP contribution < -0.4 is 0 Å². The first-order chi connectivity index (χ1) is 19.2. The third kappa shape index (κ3) is 5.31. The number of rotatable bonds is 9. The van der Waals surface area contributed by atoms with Gasteiger partial charge in [0.05, 0.1) is 22.9 Å². The molecule has 1 saturated heterocycles. The van der Waals surface area contributed by atoms with Crippen LogP contribution in [0.4, 0.5) is 0 Å². The van der Waals surface area contributed by atoms with E-state index in [0.717, 1.165) is 68.6 Å². The van der Waals surface area contributed by atoms with E-state index < -0.39 is 0 Å². The molecule has 0 spiro atoms. The maximum Gasteiger partial charge on any atom is 0.242 e. The molecule has 6 nitrogen and oxygen atoms in total. The molecule has 39 heavy (non-hydrogen) atoms. The van der Waals surface area contributed by atoms with E-state index in [4.69, 9.17) is 9.97 Å². The van der Waals surface area contributed by atoms with Crippen LogP contribution in [-0.4, -0.2) is 49.9 Å². The zero-order valence-electron chi connectivity index (χ0n) is 23.3. The van der Waals surface area contributed by atoms with E-state index in [0.29, 0.717) is 12.6 Å². The molecule has 6 rings (SSSR count). The number of benzene rings is 1. The Bertz CT molecular complexity index is 1440. The summed E-state index contributed by atoms with van der Waals surface area (Å²) in [6, 6.07) is 15.3. The van der Waals surface area contributed by atoms with Gasteiger partial charge in [0.1, 0.15) is 6.54 Å². The summed E-state index contributed by atoms with van der Waals surface area (Å²) in [4.78, 5) is 28.1. The fraction of sp³-hybridized carbons (Fsp3) is 0.485. The average molecular weight is 524 g/mol. The standard InChI is InChI=1S/C33H41N5O/c1-2-3-7-22-37(30-16-10-12-25-13-11-18-35-32(25)30)23-28-33-27(17-19-34-28)26-14-5-6-15-29(26)38(33)24-31(39)36-20-8-4-9-21-36/h5-6,11,13-15,17-19,30H,2-4,7-10,12,16,20-24H2,1H3/t30-/m0/s1. The van der Waals surface area contributed by atoms with Gasteiger partial charge >= 0.3 is 0 Å². The Hall–Kier alpha value is -3.25. The quantitative estimate of drug-likeness (QED) is 0.230. The lowest BCUT2D eigenvalue weighted by Crippen LogP contribution is -2.37. The predicted molar refractivity (Wildman–Crippen MR) is 158 cm³/mol. The smallest absolute Gasteiger partial charge is 0.242 e. The number of unbranched alkanes of at least 4 members (excludes halogenated alkanes) is 2. The summed E-state index contributed by atoms with van der Waals surface area (Å²) in [6.07, 6.45) is 14.4. The van der Waals surface area contributed by atoms with E-state index in [1.54, 1.807) is 0 Å². The Morgan fingerprint density at radius 2 is 1.82 bits per heavy atom. The Labute approximate surface area is 232 Å². The van der Waals surface area contributed by atoms with Crippen molar-refractivity contribution in [3.63, 3.8) is 0 Å². The number of aryl methyl sites for hydroxylation is 1. The number of nitrogens with zero attached hydrogens (tertiary/aromatic N) is 5. The minimum atomic E-state index is 0.220. The van der Waals surface area contributed by atoms with E-state index in [2.05, 4.69) is 63.8 Å². The Balaban J connectivity index is 1.40. The highest BCUT2D eigenvalue weighted by Crippen LogP contribution is 2.36. The summed E-state index contributed by atoms with van der Waals surface area (Å²) in [5.74, 6) is 0.220. The lowest BCUT2D eigenvalue weighted by molar-refractivity contribution is -0.132. The van der Waals surface area contributed by atoms with Gasteiger partial charge in [-0.25, -0.2) is 0 Å². The summed E-state index contributed by atoms with van der Waals surface area (Å²) in [5, 5.41) is 2.39. The van der Waals surface area contributed by atoms with Gasteiger partial charge in [0.15, 0.2) is 0 Å². The molecular weight excluding hydrogens is 482 g/mol. The number of carbonyl (C=O) groups excluding carboxylic acids is 1. The molecule has 1 aliphatic heterocycles. The van der Waals surface area contributed by atoms with Crippen LogP contribution in [0.25, 0.3) is 21.8 Å². The fourth-order valence-corrected chi connectivity index (χ4v) is 6.77. The van der Waals surface area contributed by atoms with Crippen molar-refractivity contribution in [1.82, 2.24) is 24.3 Å². The van der Waals surface area contributed by atoms with Gasteiger partial charge in [-0.2, -0.15) is 0 Å². The molecule has 0 N–H and O–H groups in total. The van der Waals surface area contributed by atoms with Gasteiger partial charge in [-0.1, -0.05) is 44.0 Å². The molecule has 2 aliphatic rings. The monoisotopic (exact) mass is 523 g/mol. The Morgan fingerprint density at radius 1 is 0.949 bits per heavy atom. The molecule has 1 amide bonds. The molecule has 0 unspecified atom stereocenters. The Kier molecular flexibility index (Phi) is 7.91. The summed E-state index contributed by atoms with van der Waals surface area (Å²) in [6.45, 7) is 6.17. The van der Waals surface area contributed by atoms with Crippen LogP contribution in [0.15, 0.2) is 54.9 Å². The van der Waals surface area contributed by atoms with Crippen LogP contribution in [0.2, 0.25) is 0 Å². The van der Waals surface area contributed by atoms with Gasteiger partial charge < -0.3 is 9.47 Å². The number of carbonyl (C=O) groups is 1. The molecule has 1 fully saturated rings. The number of piperidine rings is 1. The number of hydrogen-bond donors (Lipinski definition) is 0. The zero-order valence-corrected chi connectivity index (χ0v) is 23.3. The van der Waals surface area contributed by atoms with Crippen molar-refractivity contribution in [2.45, 2.75) is 83.8 Å². The predicted octanol–water partition coefficient (Wildman–Crippen LogP) is 6.67. The summed E-state index contributed by atoms with van der Waals surface area (Å²) >= 11 is 0. The molecule has 1 aliphatic carbocycles. The van der Waals surface area contributed by atoms with Crippen LogP contribution in [-0.2, 0) is 24.3 Å². The van der Waals surface area contributed by atoms with Gasteiger partial charge in [0.25, 0.3) is 0 Å². The minimum absolute atomic E-state index is 0.220. The third-order valence-corrected chi connectivity index (χ3v) is 8.77. The topological polar surface area (TPSA) is 54.3 Å². The van der Waals surface area contributed by atoms with E-state index in [1.807, 2.05) is 12.4 Å². The van der Waals surface area contributed by atoms with Crippen molar-refractivity contribution >= 4 is 27.7 Å². The number of aromatic nitrogens is 3. The van der Waals surface area contributed by atoms with Crippen LogP contribution in [0.1, 0.15) is 81.3 Å².